The number of nitrogens with zero attached hydrogens (tertiary/aromatic N) is 2. The Morgan fingerprint density at radius 1 is 0.943 bits per heavy atom. The van der Waals surface area contributed by atoms with Crippen LogP contribution in [0.25, 0.3) is 10.9 Å². The highest BCUT2D eigenvalue weighted by Gasteiger charge is 2.23. The Labute approximate surface area is 208 Å². The molecule has 35 heavy (non-hydrogen) atoms. The Hall–Kier alpha value is -4.16. The molecule has 0 spiro atoms. The van der Waals surface area contributed by atoms with Crippen LogP contribution in [0, 0.1) is 13.8 Å². The number of nitrogens with one attached hydrogen (secondary N) is 3. The van der Waals surface area contributed by atoms with E-state index < -0.39 is 0 Å². The van der Waals surface area contributed by atoms with Crippen LogP contribution >= 0.6 is 11.6 Å². The van der Waals surface area contributed by atoms with Crippen LogP contribution in [0.2, 0.25) is 5.02 Å². The van der Waals surface area contributed by atoms with E-state index in [0.29, 0.717) is 16.3 Å². The van der Waals surface area contributed by atoms with Gasteiger partial charge in [-0.05, 0) is 86.1 Å². The second-order valence-electron chi connectivity index (χ2n) is 8.44. The summed E-state index contributed by atoms with van der Waals surface area (Å²) in [5, 5.41) is 8.15. The van der Waals surface area contributed by atoms with Crippen LogP contribution in [-0.4, -0.2) is 20.9 Å². The second kappa shape index (κ2) is 9.60. The standard InChI is InChI=1S/C28H24ClN5O/c1-17-12-14-31-25(15-17)34-27(24-5-3-4-13-30-24)26-18(2)32-23-11-10-21(16-22(23)26)33-28(35)19-6-8-20(29)9-7-19/h3-16,27,32H,1-2H3,(H,31,34)(H,33,35)/t27-/m0/s1. The molecule has 0 aliphatic rings. The van der Waals surface area contributed by atoms with Crippen molar-refractivity contribution < 1.29 is 4.79 Å². The molecule has 174 valence electrons. The SMILES string of the molecule is Cc1ccnc(N[C@@H](c2ccccn2)c2c(C)[nH]c3ccc(NC(=O)c4ccc(Cl)cc4)cc23)c1. The maximum atomic E-state index is 12.8. The minimum absolute atomic E-state index is 0.196. The van der Waals surface area contributed by atoms with Gasteiger partial charge in [-0.15, -0.1) is 0 Å². The molecule has 0 aliphatic carbocycles. The predicted octanol–water partition coefficient (Wildman–Crippen LogP) is 6.68. The molecular formula is C28H24ClN5O. The quantitative estimate of drug-likeness (QED) is 0.252. The van der Waals surface area contributed by atoms with E-state index in [1.54, 1.807) is 36.7 Å². The fraction of sp³-hybridized carbons (Fsp3) is 0.107. The van der Waals surface area contributed by atoms with E-state index in [1.165, 1.54) is 0 Å². The molecule has 3 heterocycles. The molecule has 1 amide bonds. The molecular weight excluding hydrogens is 458 g/mol. The lowest BCUT2D eigenvalue weighted by Crippen LogP contribution is -2.15. The van der Waals surface area contributed by atoms with Crippen molar-refractivity contribution in [2.75, 3.05) is 10.6 Å². The number of fused-ring (bicyclic) bond motifs is 1. The summed E-state index contributed by atoms with van der Waals surface area (Å²) in [6, 6.07) is 22.3. The van der Waals surface area contributed by atoms with Gasteiger partial charge in [-0.1, -0.05) is 17.7 Å². The molecule has 7 heteroatoms. The Balaban J connectivity index is 1.55. The highest BCUT2D eigenvalue weighted by Crippen LogP contribution is 2.35. The largest absolute Gasteiger partial charge is 0.358 e. The van der Waals surface area contributed by atoms with E-state index in [9.17, 15) is 4.79 Å². The highest BCUT2D eigenvalue weighted by molar-refractivity contribution is 6.30. The number of amides is 1. The first-order valence-electron chi connectivity index (χ1n) is 11.3. The number of rotatable bonds is 6. The van der Waals surface area contributed by atoms with Crippen LogP contribution in [0.5, 0.6) is 0 Å². The van der Waals surface area contributed by atoms with Gasteiger partial charge >= 0.3 is 0 Å². The van der Waals surface area contributed by atoms with Crippen LogP contribution in [0.1, 0.15) is 38.9 Å². The van der Waals surface area contributed by atoms with Gasteiger partial charge in [0, 0.05) is 50.8 Å². The lowest BCUT2D eigenvalue weighted by molar-refractivity contribution is 0.102. The van der Waals surface area contributed by atoms with Crippen molar-refractivity contribution in [3.63, 3.8) is 0 Å². The summed E-state index contributed by atoms with van der Waals surface area (Å²) in [6.45, 7) is 4.08. The maximum Gasteiger partial charge on any atom is 0.255 e. The van der Waals surface area contributed by atoms with Crippen molar-refractivity contribution in [1.82, 2.24) is 15.0 Å². The number of anilines is 2. The molecule has 0 radical (unpaired) electrons. The van der Waals surface area contributed by atoms with E-state index in [1.807, 2.05) is 62.4 Å². The van der Waals surface area contributed by atoms with Crippen molar-refractivity contribution >= 4 is 39.9 Å². The van der Waals surface area contributed by atoms with E-state index in [-0.39, 0.29) is 11.9 Å². The number of carbonyl (C=O) groups is 1. The number of aryl methyl sites for hydroxylation is 2. The van der Waals surface area contributed by atoms with Crippen molar-refractivity contribution in [3.8, 4) is 0 Å². The van der Waals surface area contributed by atoms with Gasteiger partial charge in [0.15, 0.2) is 0 Å². The summed E-state index contributed by atoms with van der Waals surface area (Å²) in [6.07, 6.45) is 3.58. The molecule has 6 nitrogen and oxygen atoms in total. The number of aromatic nitrogens is 3. The van der Waals surface area contributed by atoms with E-state index in [0.717, 1.165) is 39.2 Å². The minimum Gasteiger partial charge on any atom is -0.358 e. The van der Waals surface area contributed by atoms with Gasteiger partial charge in [0.1, 0.15) is 5.82 Å². The zero-order valence-corrected chi connectivity index (χ0v) is 20.1. The monoisotopic (exact) mass is 481 g/mol. The molecule has 5 aromatic rings. The Bertz CT molecular complexity index is 1500. The molecule has 3 N–H and O–H groups in total. The number of benzene rings is 2. The van der Waals surface area contributed by atoms with Gasteiger partial charge in [-0.3, -0.25) is 9.78 Å². The Kier molecular flexibility index (Phi) is 6.21. The molecule has 2 aromatic carbocycles. The minimum atomic E-state index is -0.249. The summed E-state index contributed by atoms with van der Waals surface area (Å²) in [4.78, 5) is 25.4. The van der Waals surface area contributed by atoms with Gasteiger partial charge in [-0.25, -0.2) is 4.98 Å². The predicted molar refractivity (Wildman–Crippen MR) is 141 cm³/mol. The Morgan fingerprint density at radius 3 is 2.51 bits per heavy atom. The highest BCUT2D eigenvalue weighted by atomic mass is 35.5. The lowest BCUT2D eigenvalue weighted by Gasteiger charge is -2.20. The fourth-order valence-electron chi connectivity index (χ4n) is 4.21. The molecule has 0 bridgehead atoms. The number of hydrogen-bond donors (Lipinski definition) is 3. The van der Waals surface area contributed by atoms with Crippen molar-refractivity contribution in [2.45, 2.75) is 19.9 Å². The number of pyridine rings is 2. The third-order valence-electron chi connectivity index (χ3n) is 5.88. The van der Waals surface area contributed by atoms with E-state index in [4.69, 9.17) is 11.6 Å². The first kappa shape index (κ1) is 22.6. The molecule has 0 fully saturated rings. The summed E-state index contributed by atoms with van der Waals surface area (Å²) >= 11 is 5.96. The van der Waals surface area contributed by atoms with Crippen molar-refractivity contribution in [1.29, 1.82) is 0 Å². The van der Waals surface area contributed by atoms with Crippen LogP contribution in [0.4, 0.5) is 11.5 Å². The molecule has 0 aliphatic heterocycles. The lowest BCUT2D eigenvalue weighted by atomic mass is 9.99. The van der Waals surface area contributed by atoms with Gasteiger partial charge in [0.25, 0.3) is 5.91 Å². The van der Waals surface area contributed by atoms with E-state index >= 15 is 0 Å². The van der Waals surface area contributed by atoms with Gasteiger partial charge < -0.3 is 15.6 Å². The topological polar surface area (TPSA) is 82.7 Å². The summed E-state index contributed by atoms with van der Waals surface area (Å²) in [5.41, 5.74) is 6.26. The van der Waals surface area contributed by atoms with Crippen molar-refractivity contribution in [3.05, 3.63) is 118 Å². The first-order valence-corrected chi connectivity index (χ1v) is 11.6. The fourth-order valence-corrected chi connectivity index (χ4v) is 4.33. The molecule has 0 saturated heterocycles. The average molecular weight is 482 g/mol. The Morgan fingerprint density at radius 2 is 1.77 bits per heavy atom. The number of hydrogen-bond acceptors (Lipinski definition) is 4. The number of H-pyrrole nitrogens is 1. The molecule has 3 aromatic heterocycles. The van der Waals surface area contributed by atoms with Crippen LogP contribution in [-0.2, 0) is 0 Å². The molecule has 0 saturated carbocycles. The third-order valence-corrected chi connectivity index (χ3v) is 6.13. The summed E-state index contributed by atoms with van der Waals surface area (Å²) < 4.78 is 0. The molecule has 0 unspecified atom stereocenters. The summed E-state index contributed by atoms with van der Waals surface area (Å²) in [7, 11) is 0. The zero-order valence-electron chi connectivity index (χ0n) is 19.3. The van der Waals surface area contributed by atoms with Crippen LogP contribution < -0.4 is 10.6 Å². The third kappa shape index (κ3) is 4.88. The summed E-state index contributed by atoms with van der Waals surface area (Å²) in [5.74, 6) is 0.569. The first-order chi connectivity index (χ1) is 17.0. The maximum absolute atomic E-state index is 12.8. The van der Waals surface area contributed by atoms with Gasteiger partial charge in [0.05, 0.1) is 11.7 Å². The smallest absolute Gasteiger partial charge is 0.255 e. The normalized spacial score (nSPS) is 11.9. The average Bonchev–Trinajstić information content (AvgIpc) is 3.18. The number of carbonyl (C=O) groups excluding carboxylic acids is 1. The molecule has 1 atom stereocenters. The number of aromatic amines is 1. The van der Waals surface area contributed by atoms with Gasteiger partial charge in [-0.2, -0.15) is 0 Å². The van der Waals surface area contributed by atoms with E-state index in [2.05, 4.69) is 25.6 Å². The zero-order chi connectivity index (χ0) is 24.4. The molecule has 5 rings (SSSR count). The number of halogens is 1. The van der Waals surface area contributed by atoms with Crippen LogP contribution in [0.15, 0.2) is 85.2 Å². The van der Waals surface area contributed by atoms with Gasteiger partial charge in [0.2, 0.25) is 0 Å². The van der Waals surface area contributed by atoms with Crippen LogP contribution in [0.3, 0.4) is 0 Å². The second-order valence-corrected chi connectivity index (χ2v) is 8.87. The van der Waals surface area contributed by atoms with Crippen molar-refractivity contribution in [2.24, 2.45) is 0 Å².